The maximum Gasteiger partial charge on any atom is 0.339 e. The van der Waals surface area contributed by atoms with Gasteiger partial charge >= 0.3 is 5.97 Å². The molecule has 0 saturated carbocycles. The number of hydrogen-bond donors (Lipinski definition) is 1. The van der Waals surface area contributed by atoms with E-state index in [0.29, 0.717) is 16.1 Å². The third-order valence-electron chi connectivity index (χ3n) is 1.74. The summed E-state index contributed by atoms with van der Waals surface area (Å²) in [6, 6.07) is 3.00. The number of benzene rings is 1. The molecule has 0 heterocycles. The van der Waals surface area contributed by atoms with Gasteiger partial charge in [0.05, 0.1) is 7.11 Å². The lowest BCUT2D eigenvalue weighted by Gasteiger charge is -2.08. The number of aromatic carboxylic acids is 1. The number of halogens is 2. The van der Waals surface area contributed by atoms with Crippen molar-refractivity contribution in [3.63, 3.8) is 0 Å². The molecule has 0 aliphatic heterocycles. The van der Waals surface area contributed by atoms with Crippen LogP contribution in [0.4, 0.5) is 0 Å². The molecule has 5 heteroatoms. The van der Waals surface area contributed by atoms with Crippen LogP contribution in [-0.2, 0) is 5.33 Å². The van der Waals surface area contributed by atoms with Crippen LogP contribution in [0.5, 0.6) is 5.75 Å². The zero-order valence-electron chi connectivity index (χ0n) is 7.38. The third-order valence-corrected chi connectivity index (χ3v) is 2.70. The molecule has 0 atom stereocenters. The molecule has 0 aromatic heterocycles. The van der Waals surface area contributed by atoms with E-state index in [4.69, 9.17) is 21.4 Å². The first-order valence-electron chi connectivity index (χ1n) is 3.75. The fraction of sp³-hybridized carbons (Fsp3) is 0.222. The fourth-order valence-electron chi connectivity index (χ4n) is 1.03. The summed E-state index contributed by atoms with van der Waals surface area (Å²) in [6.45, 7) is 0. The summed E-state index contributed by atoms with van der Waals surface area (Å²) in [7, 11) is 1.42. The maximum atomic E-state index is 10.8. The predicted octanol–water partition coefficient (Wildman–Crippen LogP) is 2.94. The Balaban J connectivity index is 3.31. The minimum Gasteiger partial charge on any atom is -0.496 e. The van der Waals surface area contributed by atoms with E-state index in [1.54, 1.807) is 6.07 Å². The molecule has 0 amide bonds. The van der Waals surface area contributed by atoms with Crippen LogP contribution in [-0.4, -0.2) is 18.2 Å². The number of methoxy groups -OCH3 is 1. The van der Waals surface area contributed by atoms with Gasteiger partial charge in [-0.1, -0.05) is 27.5 Å². The summed E-state index contributed by atoms with van der Waals surface area (Å²) in [5.41, 5.74) is 0.871. The summed E-state index contributed by atoms with van der Waals surface area (Å²) in [5.74, 6) is -0.735. The van der Waals surface area contributed by atoms with Gasteiger partial charge in [-0.3, -0.25) is 0 Å². The van der Waals surface area contributed by atoms with Gasteiger partial charge in [0.15, 0.2) is 0 Å². The van der Waals surface area contributed by atoms with Gasteiger partial charge < -0.3 is 9.84 Å². The molecule has 0 saturated heterocycles. The molecule has 0 radical (unpaired) electrons. The standard InChI is InChI=1S/C9H8BrClO3/c1-14-8-2-5(4-10)7(11)3-6(8)9(12)13/h2-3H,4H2,1H3,(H,12,13). The second-order valence-corrected chi connectivity index (χ2v) is 3.55. The van der Waals surface area contributed by atoms with Crippen molar-refractivity contribution in [3.05, 3.63) is 28.3 Å². The van der Waals surface area contributed by atoms with E-state index in [2.05, 4.69) is 15.9 Å². The van der Waals surface area contributed by atoms with Crippen LogP contribution in [0.1, 0.15) is 15.9 Å². The van der Waals surface area contributed by atoms with Crippen molar-refractivity contribution >= 4 is 33.5 Å². The first kappa shape index (κ1) is 11.3. The lowest BCUT2D eigenvalue weighted by atomic mass is 10.1. The summed E-state index contributed by atoms with van der Waals surface area (Å²) in [6.07, 6.45) is 0. The van der Waals surface area contributed by atoms with Crippen LogP contribution >= 0.6 is 27.5 Å². The molecular formula is C9H8BrClO3. The second kappa shape index (κ2) is 4.66. The molecule has 0 aliphatic rings. The molecule has 0 unspecified atom stereocenters. The maximum absolute atomic E-state index is 10.8. The molecule has 0 aliphatic carbocycles. The molecule has 1 aromatic carbocycles. The van der Waals surface area contributed by atoms with E-state index in [-0.39, 0.29) is 5.56 Å². The number of ether oxygens (including phenoxy) is 1. The summed E-state index contributed by atoms with van der Waals surface area (Å²) >= 11 is 9.10. The van der Waals surface area contributed by atoms with Crippen LogP contribution in [0.3, 0.4) is 0 Å². The average Bonchev–Trinajstić information content (AvgIpc) is 2.17. The van der Waals surface area contributed by atoms with Gasteiger partial charge in [-0.15, -0.1) is 0 Å². The van der Waals surface area contributed by atoms with Gasteiger partial charge in [-0.05, 0) is 17.7 Å². The summed E-state index contributed by atoms with van der Waals surface area (Å²) < 4.78 is 4.94. The molecule has 76 valence electrons. The van der Waals surface area contributed by atoms with E-state index in [0.717, 1.165) is 5.56 Å². The molecular weight excluding hydrogens is 271 g/mol. The van der Waals surface area contributed by atoms with Gasteiger partial charge in [-0.2, -0.15) is 0 Å². The first-order chi connectivity index (χ1) is 6.60. The zero-order valence-corrected chi connectivity index (χ0v) is 9.72. The minimum atomic E-state index is -1.05. The third kappa shape index (κ3) is 2.19. The highest BCUT2D eigenvalue weighted by molar-refractivity contribution is 9.08. The summed E-state index contributed by atoms with van der Waals surface area (Å²) in [4.78, 5) is 10.8. The Morgan fingerprint density at radius 2 is 2.29 bits per heavy atom. The summed E-state index contributed by atoms with van der Waals surface area (Å²) in [5, 5.41) is 9.81. The number of alkyl halides is 1. The highest BCUT2D eigenvalue weighted by Gasteiger charge is 2.13. The van der Waals surface area contributed by atoms with Crippen molar-refractivity contribution in [1.82, 2.24) is 0 Å². The predicted molar refractivity (Wildman–Crippen MR) is 57.6 cm³/mol. The Labute approximate surface area is 94.8 Å². The zero-order chi connectivity index (χ0) is 10.7. The molecule has 0 bridgehead atoms. The van der Waals surface area contributed by atoms with Crippen molar-refractivity contribution < 1.29 is 14.6 Å². The van der Waals surface area contributed by atoms with E-state index in [9.17, 15) is 4.79 Å². The highest BCUT2D eigenvalue weighted by atomic mass is 79.9. The SMILES string of the molecule is COc1cc(CBr)c(Cl)cc1C(=O)O. The van der Waals surface area contributed by atoms with Gasteiger partial charge in [0, 0.05) is 10.4 Å². The molecule has 0 spiro atoms. The Morgan fingerprint density at radius 1 is 1.64 bits per heavy atom. The van der Waals surface area contributed by atoms with E-state index in [1.165, 1.54) is 13.2 Å². The Bertz CT molecular complexity index is 365. The van der Waals surface area contributed by atoms with Gasteiger partial charge in [0.25, 0.3) is 0 Å². The van der Waals surface area contributed by atoms with E-state index >= 15 is 0 Å². The Morgan fingerprint density at radius 3 is 2.71 bits per heavy atom. The van der Waals surface area contributed by atoms with Crippen LogP contribution < -0.4 is 4.74 Å². The largest absolute Gasteiger partial charge is 0.496 e. The molecule has 0 fully saturated rings. The van der Waals surface area contributed by atoms with Crippen LogP contribution in [0.15, 0.2) is 12.1 Å². The van der Waals surface area contributed by atoms with Crippen molar-refractivity contribution in [2.45, 2.75) is 5.33 Å². The normalized spacial score (nSPS) is 9.93. The van der Waals surface area contributed by atoms with Crippen molar-refractivity contribution in [3.8, 4) is 5.75 Å². The van der Waals surface area contributed by atoms with Crippen molar-refractivity contribution in [2.24, 2.45) is 0 Å². The minimum absolute atomic E-state index is 0.0715. The van der Waals surface area contributed by atoms with Crippen LogP contribution in [0.25, 0.3) is 0 Å². The van der Waals surface area contributed by atoms with Gasteiger partial charge in [0.2, 0.25) is 0 Å². The molecule has 1 N–H and O–H groups in total. The monoisotopic (exact) mass is 278 g/mol. The molecule has 1 rings (SSSR count). The Hall–Kier alpha value is -0.740. The lowest BCUT2D eigenvalue weighted by Crippen LogP contribution is -2.01. The quantitative estimate of drug-likeness (QED) is 0.865. The van der Waals surface area contributed by atoms with Crippen LogP contribution in [0.2, 0.25) is 5.02 Å². The number of hydrogen-bond acceptors (Lipinski definition) is 2. The molecule has 3 nitrogen and oxygen atoms in total. The average molecular weight is 280 g/mol. The topological polar surface area (TPSA) is 46.5 Å². The van der Waals surface area contributed by atoms with Gasteiger partial charge in [-0.25, -0.2) is 4.79 Å². The fourth-order valence-corrected chi connectivity index (χ4v) is 1.89. The molecule has 1 aromatic rings. The number of carboxylic acids is 1. The van der Waals surface area contributed by atoms with Gasteiger partial charge in [0.1, 0.15) is 11.3 Å². The smallest absolute Gasteiger partial charge is 0.339 e. The number of carbonyl (C=O) groups is 1. The van der Waals surface area contributed by atoms with E-state index in [1.807, 2.05) is 0 Å². The van der Waals surface area contributed by atoms with E-state index < -0.39 is 5.97 Å². The second-order valence-electron chi connectivity index (χ2n) is 2.58. The number of carboxylic acid groups (broad SMARTS) is 1. The Kier molecular flexibility index (Phi) is 3.77. The van der Waals surface area contributed by atoms with Crippen molar-refractivity contribution in [1.29, 1.82) is 0 Å². The lowest BCUT2D eigenvalue weighted by molar-refractivity contribution is 0.0693. The van der Waals surface area contributed by atoms with Crippen molar-refractivity contribution in [2.75, 3.05) is 7.11 Å². The number of rotatable bonds is 3. The van der Waals surface area contributed by atoms with Crippen LogP contribution in [0, 0.1) is 0 Å². The highest BCUT2D eigenvalue weighted by Crippen LogP contribution is 2.28. The molecule has 14 heavy (non-hydrogen) atoms. The first-order valence-corrected chi connectivity index (χ1v) is 5.25.